The van der Waals surface area contributed by atoms with Gasteiger partial charge in [0.25, 0.3) is 0 Å². The Morgan fingerprint density at radius 3 is 2.61 bits per heavy atom. The zero-order valence-corrected chi connectivity index (χ0v) is 16.1. The standard InChI is InChI=1S/C22H25N5O/c1-17-13-25-21(27(17)14-19-7-10-23-11-8-19)20-15-26(16-20)22(28)24-12-9-18-5-3-2-4-6-18/h2-8,10-11,13,20H,9,12,14-16H2,1H3,(H,24,28). The minimum absolute atomic E-state index is 0.0103. The Labute approximate surface area is 165 Å². The van der Waals surface area contributed by atoms with Crippen LogP contribution in [0, 0.1) is 6.92 Å². The van der Waals surface area contributed by atoms with Crippen molar-refractivity contribution >= 4 is 6.03 Å². The van der Waals surface area contributed by atoms with E-state index >= 15 is 0 Å². The van der Waals surface area contributed by atoms with E-state index in [-0.39, 0.29) is 11.9 Å². The first-order chi connectivity index (χ1) is 13.7. The summed E-state index contributed by atoms with van der Waals surface area (Å²) in [5.41, 5.74) is 3.57. The van der Waals surface area contributed by atoms with Gasteiger partial charge in [-0.2, -0.15) is 0 Å². The van der Waals surface area contributed by atoms with Gasteiger partial charge in [0.15, 0.2) is 0 Å². The zero-order chi connectivity index (χ0) is 19.3. The smallest absolute Gasteiger partial charge is 0.317 e. The molecule has 1 aromatic carbocycles. The van der Waals surface area contributed by atoms with Gasteiger partial charge in [0.1, 0.15) is 5.82 Å². The number of nitrogens with one attached hydrogen (secondary N) is 1. The van der Waals surface area contributed by atoms with Crippen LogP contribution in [0.4, 0.5) is 4.79 Å². The lowest BCUT2D eigenvalue weighted by Gasteiger charge is -2.39. The molecule has 2 amide bonds. The van der Waals surface area contributed by atoms with Gasteiger partial charge in [-0.15, -0.1) is 0 Å². The third-order valence-corrected chi connectivity index (χ3v) is 5.24. The number of hydrogen-bond donors (Lipinski definition) is 1. The van der Waals surface area contributed by atoms with Gasteiger partial charge >= 0.3 is 6.03 Å². The summed E-state index contributed by atoms with van der Waals surface area (Å²) in [5.74, 6) is 1.35. The summed E-state index contributed by atoms with van der Waals surface area (Å²) in [4.78, 5) is 22.9. The molecule has 1 aliphatic rings. The molecular formula is C22H25N5O. The first-order valence-corrected chi connectivity index (χ1v) is 9.68. The Hall–Kier alpha value is -3.15. The third kappa shape index (κ3) is 4.06. The van der Waals surface area contributed by atoms with Crippen molar-refractivity contribution in [2.45, 2.75) is 25.8 Å². The third-order valence-electron chi connectivity index (χ3n) is 5.24. The van der Waals surface area contributed by atoms with Gasteiger partial charge in [-0.1, -0.05) is 30.3 Å². The zero-order valence-electron chi connectivity index (χ0n) is 16.1. The first-order valence-electron chi connectivity index (χ1n) is 9.68. The Balaban J connectivity index is 1.30. The molecule has 3 aromatic rings. The lowest BCUT2D eigenvalue weighted by atomic mass is 9.99. The van der Waals surface area contributed by atoms with Gasteiger partial charge in [-0.3, -0.25) is 4.98 Å². The van der Waals surface area contributed by atoms with Crippen LogP contribution in [0.25, 0.3) is 0 Å². The summed E-state index contributed by atoms with van der Waals surface area (Å²) < 4.78 is 2.24. The Bertz CT molecular complexity index is 917. The number of aromatic nitrogens is 3. The van der Waals surface area contributed by atoms with Crippen molar-refractivity contribution in [3.05, 3.63) is 83.7 Å². The van der Waals surface area contributed by atoms with E-state index in [0.29, 0.717) is 19.6 Å². The molecule has 2 aromatic heterocycles. The average molecular weight is 375 g/mol. The lowest BCUT2D eigenvalue weighted by Crippen LogP contribution is -2.53. The van der Waals surface area contributed by atoms with Crippen LogP contribution in [0.2, 0.25) is 0 Å². The molecular weight excluding hydrogens is 350 g/mol. The minimum atomic E-state index is 0.0103. The number of rotatable bonds is 6. The molecule has 1 fully saturated rings. The summed E-state index contributed by atoms with van der Waals surface area (Å²) in [6.07, 6.45) is 6.39. The number of carbonyl (C=O) groups is 1. The highest BCUT2D eigenvalue weighted by atomic mass is 16.2. The van der Waals surface area contributed by atoms with Crippen LogP contribution in [-0.2, 0) is 13.0 Å². The maximum absolute atomic E-state index is 12.4. The van der Waals surface area contributed by atoms with Gasteiger partial charge in [0.2, 0.25) is 0 Å². The van der Waals surface area contributed by atoms with Crippen molar-refractivity contribution in [3.8, 4) is 0 Å². The van der Waals surface area contributed by atoms with Gasteiger partial charge in [0, 0.05) is 50.5 Å². The van der Waals surface area contributed by atoms with Gasteiger partial charge in [-0.05, 0) is 36.6 Å². The first kappa shape index (κ1) is 18.2. The van der Waals surface area contributed by atoms with Crippen molar-refractivity contribution in [1.82, 2.24) is 24.8 Å². The molecule has 0 radical (unpaired) electrons. The van der Waals surface area contributed by atoms with E-state index in [4.69, 9.17) is 0 Å². The minimum Gasteiger partial charge on any atom is -0.338 e. The highest BCUT2D eigenvalue weighted by Crippen LogP contribution is 2.27. The van der Waals surface area contributed by atoms with Crippen LogP contribution < -0.4 is 5.32 Å². The molecule has 6 heteroatoms. The fourth-order valence-corrected chi connectivity index (χ4v) is 3.56. The fourth-order valence-electron chi connectivity index (χ4n) is 3.56. The highest BCUT2D eigenvalue weighted by molar-refractivity contribution is 5.75. The van der Waals surface area contributed by atoms with E-state index in [9.17, 15) is 4.79 Å². The topological polar surface area (TPSA) is 63.1 Å². The second-order valence-corrected chi connectivity index (χ2v) is 7.27. The predicted octanol–water partition coefficient (Wildman–Crippen LogP) is 2.99. The Kier molecular flexibility index (Phi) is 5.37. The molecule has 6 nitrogen and oxygen atoms in total. The summed E-state index contributed by atoms with van der Waals surface area (Å²) in [6.45, 7) is 4.93. The molecule has 0 aliphatic carbocycles. The highest BCUT2D eigenvalue weighted by Gasteiger charge is 2.34. The number of pyridine rings is 1. The van der Waals surface area contributed by atoms with Gasteiger partial charge < -0.3 is 14.8 Å². The van der Waals surface area contributed by atoms with E-state index in [1.165, 1.54) is 11.1 Å². The molecule has 4 rings (SSSR count). The van der Waals surface area contributed by atoms with Gasteiger partial charge in [-0.25, -0.2) is 9.78 Å². The largest absolute Gasteiger partial charge is 0.338 e. The maximum atomic E-state index is 12.4. The molecule has 144 valence electrons. The molecule has 1 N–H and O–H groups in total. The Morgan fingerprint density at radius 1 is 1.11 bits per heavy atom. The second kappa shape index (κ2) is 8.25. The fraction of sp³-hybridized carbons (Fsp3) is 0.318. The average Bonchev–Trinajstić information content (AvgIpc) is 3.03. The van der Waals surface area contributed by atoms with Crippen LogP contribution in [0.1, 0.15) is 28.6 Å². The quantitative estimate of drug-likeness (QED) is 0.720. The number of amides is 2. The summed E-state index contributed by atoms with van der Waals surface area (Å²) in [5, 5.41) is 3.02. The van der Waals surface area contributed by atoms with Crippen molar-refractivity contribution < 1.29 is 4.79 Å². The molecule has 0 spiro atoms. The second-order valence-electron chi connectivity index (χ2n) is 7.27. The number of carbonyl (C=O) groups excluding carboxylic acids is 1. The van der Waals surface area contributed by atoms with Crippen molar-refractivity contribution in [1.29, 1.82) is 0 Å². The summed E-state index contributed by atoms with van der Waals surface area (Å²) >= 11 is 0. The van der Waals surface area contributed by atoms with Crippen molar-refractivity contribution in [3.63, 3.8) is 0 Å². The number of nitrogens with zero attached hydrogens (tertiary/aromatic N) is 4. The van der Waals surface area contributed by atoms with Crippen LogP contribution in [0.3, 0.4) is 0 Å². The molecule has 28 heavy (non-hydrogen) atoms. The summed E-state index contributed by atoms with van der Waals surface area (Å²) in [6, 6.07) is 14.3. The monoisotopic (exact) mass is 375 g/mol. The predicted molar refractivity (Wildman–Crippen MR) is 108 cm³/mol. The molecule has 0 unspecified atom stereocenters. The SMILES string of the molecule is Cc1cnc(C2CN(C(=O)NCCc3ccccc3)C2)n1Cc1ccncc1. The number of imidazole rings is 1. The molecule has 0 bridgehead atoms. The van der Waals surface area contributed by atoms with Gasteiger partial charge in [0.05, 0.1) is 5.92 Å². The Morgan fingerprint density at radius 2 is 1.86 bits per heavy atom. The van der Waals surface area contributed by atoms with Crippen LogP contribution in [-0.4, -0.2) is 45.1 Å². The number of aryl methyl sites for hydroxylation is 1. The summed E-state index contributed by atoms with van der Waals surface area (Å²) in [7, 11) is 0. The molecule has 1 aliphatic heterocycles. The maximum Gasteiger partial charge on any atom is 0.317 e. The molecule has 0 atom stereocenters. The number of likely N-dealkylation sites (tertiary alicyclic amines) is 1. The number of hydrogen-bond acceptors (Lipinski definition) is 3. The van der Waals surface area contributed by atoms with Crippen molar-refractivity contribution in [2.75, 3.05) is 19.6 Å². The van der Waals surface area contributed by atoms with Crippen LogP contribution in [0.5, 0.6) is 0 Å². The lowest BCUT2D eigenvalue weighted by molar-refractivity contribution is 0.147. The number of urea groups is 1. The van der Waals surface area contributed by atoms with E-state index in [2.05, 4.69) is 38.9 Å². The van der Waals surface area contributed by atoms with Crippen LogP contribution in [0.15, 0.2) is 61.1 Å². The normalized spacial score (nSPS) is 14.0. The molecule has 1 saturated heterocycles. The molecule has 0 saturated carbocycles. The number of benzene rings is 1. The van der Waals surface area contributed by atoms with Crippen LogP contribution >= 0.6 is 0 Å². The van der Waals surface area contributed by atoms with E-state index in [1.54, 1.807) is 0 Å². The molecule has 3 heterocycles. The van der Waals surface area contributed by atoms with E-state index in [0.717, 1.165) is 24.5 Å². The van der Waals surface area contributed by atoms with E-state index in [1.807, 2.05) is 53.8 Å². The van der Waals surface area contributed by atoms with E-state index < -0.39 is 0 Å². The van der Waals surface area contributed by atoms with Crippen molar-refractivity contribution in [2.24, 2.45) is 0 Å².